The van der Waals surface area contributed by atoms with Crippen LogP contribution in [0.5, 0.6) is 0 Å². The molecule has 0 radical (unpaired) electrons. The van der Waals surface area contributed by atoms with Crippen molar-refractivity contribution in [2.75, 3.05) is 6.54 Å². The van der Waals surface area contributed by atoms with Gasteiger partial charge in [-0.2, -0.15) is 12.6 Å². The molecular weight excluding hydrogens is 202 g/mol. The van der Waals surface area contributed by atoms with Crippen LogP contribution in [0.3, 0.4) is 0 Å². The largest absolute Gasteiger partial charge is 0.299 e. The molecule has 1 atom stereocenters. The Balaban J connectivity index is 0. The quantitative estimate of drug-likeness (QED) is 0.704. The molecule has 1 nitrogen and oxygen atoms in total. The zero-order valence-corrected chi connectivity index (χ0v) is 11.2. The van der Waals surface area contributed by atoms with Gasteiger partial charge in [-0.3, -0.25) is 4.90 Å². The summed E-state index contributed by atoms with van der Waals surface area (Å²) in [6, 6.07) is 1.30. The molecule has 0 bridgehead atoms. The van der Waals surface area contributed by atoms with E-state index in [-0.39, 0.29) is 12.4 Å². The lowest BCUT2D eigenvalue weighted by Crippen LogP contribution is -2.38. The number of halogens is 1. The van der Waals surface area contributed by atoms with Gasteiger partial charge >= 0.3 is 0 Å². The normalized spacial score (nSPS) is 13.6. The van der Waals surface area contributed by atoms with Crippen LogP contribution in [0.1, 0.15) is 41.0 Å². The van der Waals surface area contributed by atoms with E-state index in [0.29, 0.717) is 17.3 Å². The van der Waals surface area contributed by atoms with Crippen LogP contribution >= 0.6 is 25.0 Å². The Hall–Kier alpha value is 0.600. The van der Waals surface area contributed by atoms with E-state index in [1.807, 2.05) is 0 Å². The van der Waals surface area contributed by atoms with Crippen LogP contribution in [0.2, 0.25) is 0 Å². The third kappa shape index (κ3) is 7.65. The lowest BCUT2D eigenvalue weighted by molar-refractivity contribution is 0.173. The van der Waals surface area contributed by atoms with Crippen molar-refractivity contribution in [1.29, 1.82) is 0 Å². The second-order valence-corrected chi connectivity index (χ2v) is 4.94. The van der Waals surface area contributed by atoms with Gasteiger partial charge in [-0.25, -0.2) is 0 Å². The number of hydrogen-bond donors (Lipinski definition) is 1. The SMILES string of the molecule is CC(S)CCN(C(C)C)C(C)C.Cl. The molecule has 0 rings (SSSR count). The molecule has 0 spiro atoms. The maximum Gasteiger partial charge on any atom is 0.00412 e. The van der Waals surface area contributed by atoms with Gasteiger partial charge in [0.25, 0.3) is 0 Å². The summed E-state index contributed by atoms with van der Waals surface area (Å²) in [6.45, 7) is 12.3. The molecular formula is C10H24ClNS. The number of nitrogens with zero attached hydrogens (tertiary/aromatic N) is 1. The molecule has 0 aliphatic heterocycles. The van der Waals surface area contributed by atoms with Gasteiger partial charge in [0.05, 0.1) is 0 Å². The Labute approximate surface area is 95.1 Å². The predicted molar refractivity (Wildman–Crippen MR) is 67.3 cm³/mol. The Morgan fingerprint density at radius 3 is 1.62 bits per heavy atom. The van der Waals surface area contributed by atoms with Crippen LogP contribution in [0.15, 0.2) is 0 Å². The van der Waals surface area contributed by atoms with Gasteiger partial charge in [0.15, 0.2) is 0 Å². The summed E-state index contributed by atoms with van der Waals surface area (Å²) < 4.78 is 0. The average Bonchev–Trinajstić information content (AvgIpc) is 1.84. The van der Waals surface area contributed by atoms with Gasteiger partial charge in [-0.1, -0.05) is 6.92 Å². The fourth-order valence-electron chi connectivity index (χ4n) is 1.45. The summed E-state index contributed by atoms with van der Waals surface area (Å²) in [7, 11) is 0. The van der Waals surface area contributed by atoms with Crippen LogP contribution in [0.25, 0.3) is 0 Å². The summed E-state index contributed by atoms with van der Waals surface area (Å²) in [6.07, 6.45) is 1.18. The van der Waals surface area contributed by atoms with E-state index < -0.39 is 0 Å². The first kappa shape index (κ1) is 16.0. The molecule has 0 aliphatic carbocycles. The topological polar surface area (TPSA) is 3.24 Å². The molecule has 0 aromatic rings. The molecule has 1 unspecified atom stereocenters. The van der Waals surface area contributed by atoms with Crippen molar-refractivity contribution in [2.24, 2.45) is 0 Å². The van der Waals surface area contributed by atoms with E-state index in [1.54, 1.807) is 0 Å². The zero-order valence-electron chi connectivity index (χ0n) is 9.45. The lowest BCUT2D eigenvalue weighted by atomic mass is 10.2. The second-order valence-electron chi connectivity index (χ2n) is 4.06. The van der Waals surface area contributed by atoms with Crippen LogP contribution in [0.4, 0.5) is 0 Å². The summed E-state index contributed by atoms with van der Waals surface area (Å²) in [5, 5.41) is 0.519. The summed E-state index contributed by atoms with van der Waals surface area (Å²) in [5.41, 5.74) is 0. The minimum atomic E-state index is 0. The third-order valence-corrected chi connectivity index (χ3v) is 2.39. The van der Waals surface area contributed by atoms with E-state index >= 15 is 0 Å². The summed E-state index contributed by atoms with van der Waals surface area (Å²) >= 11 is 4.38. The maximum absolute atomic E-state index is 4.38. The van der Waals surface area contributed by atoms with Gasteiger partial charge in [-0.15, -0.1) is 12.4 Å². The fourth-order valence-corrected chi connectivity index (χ4v) is 1.56. The standard InChI is InChI=1S/C10H23NS.ClH/c1-8(2)11(9(3)4)7-6-10(5)12;/h8-10,12H,6-7H2,1-5H3;1H. The van der Waals surface area contributed by atoms with Crippen molar-refractivity contribution >= 4 is 25.0 Å². The molecule has 0 saturated heterocycles. The molecule has 82 valence electrons. The summed E-state index contributed by atoms with van der Waals surface area (Å²) in [4.78, 5) is 2.51. The molecule has 0 amide bonds. The highest BCUT2D eigenvalue weighted by atomic mass is 35.5. The Bertz CT molecular complexity index is 107. The summed E-state index contributed by atoms with van der Waals surface area (Å²) in [5.74, 6) is 0. The molecule has 0 heterocycles. The Morgan fingerprint density at radius 2 is 1.38 bits per heavy atom. The molecule has 0 aromatic heterocycles. The predicted octanol–water partition coefficient (Wildman–Crippen LogP) is 3.24. The molecule has 0 aliphatic rings. The first-order valence-corrected chi connectivity index (χ1v) is 5.40. The first-order chi connectivity index (χ1) is 5.45. The Kier molecular flexibility index (Phi) is 9.82. The van der Waals surface area contributed by atoms with E-state index in [9.17, 15) is 0 Å². The minimum Gasteiger partial charge on any atom is -0.299 e. The number of rotatable bonds is 5. The van der Waals surface area contributed by atoms with Crippen molar-refractivity contribution in [3.8, 4) is 0 Å². The minimum absolute atomic E-state index is 0. The zero-order chi connectivity index (χ0) is 9.72. The van der Waals surface area contributed by atoms with Gasteiger partial charge in [0.2, 0.25) is 0 Å². The molecule has 13 heavy (non-hydrogen) atoms. The second kappa shape index (κ2) is 7.95. The number of thiol groups is 1. The lowest BCUT2D eigenvalue weighted by Gasteiger charge is -2.30. The van der Waals surface area contributed by atoms with Crippen LogP contribution in [0, 0.1) is 0 Å². The van der Waals surface area contributed by atoms with Gasteiger partial charge < -0.3 is 0 Å². The Morgan fingerprint density at radius 1 is 1.00 bits per heavy atom. The fraction of sp³-hybridized carbons (Fsp3) is 1.00. The van der Waals surface area contributed by atoms with Crippen molar-refractivity contribution in [1.82, 2.24) is 4.90 Å². The van der Waals surface area contributed by atoms with E-state index in [1.165, 1.54) is 13.0 Å². The monoisotopic (exact) mass is 225 g/mol. The van der Waals surface area contributed by atoms with Gasteiger partial charge in [-0.05, 0) is 40.7 Å². The molecule has 0 saturated carbocycles. The van der Waals surface area contributed by atoms with Crippen molar-refractivity contribution in [3.63, 3.8) is 0 Å². The molecule has 0 N–H and O–H groups in total. The van der Waals surface area contributed by atoms with E-state index in [2.05, 4.69) is 52.1 Å². The van der Waals surface area contributed by atoms with Crippen molar-refractivity contribution < 1.29 is 0 Å². The highest BCUT2D eigenvalue weighted by molar-refractivity contribution is 7.80. The van der Waals surface area contributed by atoms with Gasteiger partial charge in [0.1, 0.15) is 0 Å². The van der Waals surface area contributed by atoms with E-state index in [4.69, 9.17) is 0 Å². The van der Waals surface area contributed by atoms with Crippen molar-refractivity contribution in [3.05, 3.63) is 0 Å². The van der Waals surface area contributed by atoms with Crippen LogP contribution in [-0.2, 0) is 0 Å². The van der Waals surface area contributed by atoms with Crippen LogP contribution < -0.4 is 0 Å². The average molecular weight is 226 g/mol. The van der Waals surface area contributed by atoms with E-state index in [0.717, 1.165) is 0 Å². The molecule has 3 heteroatoms. The third-order valence-electron chi connectivity index (χ3n) is 2.13. The first-order valence-electron chi connectivity index (χ1n) is 4.89. The molecule has 0 fully saturated rings. The van der Waals surface area contributed by atoms with Crippen molar-refractivity contribution in [2.45, 2.75) is 58.4 Å². The smallest absolute Gasteiger partial charge is 0.00412 e. The highest BCUT2D eigenvalue weighted by Gasteiger charge is 2.12. The highest BCUT2D eigenvalue weighted by Crippen LogP contribution is 2.08. The van der Waals surface area contributed by atoms with Crippen LogP contribution in [-0.4, -0.2) is 28.8 Å². The molecule has 0 aromatic carbocycles. The van der Waals surface area contributed by atoms with Gasteiger partial charge in [0, 0.05) is 17.3 Å². The number of hydrogen-bond acceptors (Lipinski definition) is 2. The maximum atomic E-state index is 4.38.